The van der Waals surface area contributed by atoms with Gasteiger partial charge in [0.15, 0.2) is 9.76 Å². The first-order chi connectivity index (χ1) is 9.56. The van der Waals surface area contributed by atoms with Gasteiger partial charge in [-0.3, -0.25) is 0 Å². The molecule has 0 spiro atoms. The summed E-state index contributed by atoms with van der Waals surface area (Å²) in [6.07, 6.45) is 1.79. The fourth-order valence-corrected chi connectivity index (χ4v) is 3.48. The first-order valence-electron chi connectivity index (χ1n) is 7.03. The van der Waals surface area contributed by atoms with E-state index >= 15 is 0 Å². The van der Waals surface area contributed by atoms with Crippen molar-refractivity contribution in [1.82, 2.24) is 0 Å². The molecule has 1 aromatic carbocycles. The van der Waals surface area contributed by atoms with E-state index in [1.54, 1.807) is 6.07 Å². The Bertz CT molecular complexity index is 551. The Labute approximate surface area is 121 Å². The normalized spacial score (nSPS) is 14.2. The van der Waals surface area contributed by atoms with Crippen LogP contribution in [0.2, 0.25) is 6.04 Å². The summed E-state index contributed by atoms with van der Waals surface area (Å²) >= 11 is 0. The summed E-state index contributed by atoms with van der Waals surface area (Å²) in [6.45, 7) is 6.75. The molecule has 0 aliphatic carbocycles. The topological polar surface area (TPSA) is 52.6 Å². The lowest BCUT2D eigenvalue weighted by molar-refractivity contribution is 0.0443. The Morgan fingerprint density at radius 2 is 2.00 bits per heavy atom. The minimum absolute atomic E-state index is 0.426. The van der Waals surface area contributed by atoms with Crippen molar-refractivity contribution in [2.75, 3.05) is 6.61 Å². The van der Waals surface area contributed by atoms with Gasteiger partial charge in [0.05, 0.1) is 11.1 Å². The van der Waals surface area contributed by atoms with Crippen LogP contribution in [-0.2, 0) is 15.6 Å². The lowest BCUT2D eigenvalue weighted by Crippen LogP contribution is -2.06. The molecule has 0 bridgehead atoms. The molecule has 0 saturated carbocycles. The van der Waals surface area contributed by atoms with Gasteiger partial charge in [0.25, 0.3) is 0 Å². The quantitative estimate of drug-likeness (QED) is 0.349. The van der Waals surface area contributed by atoms with Crippen LogP contribution in [-0.4, -0.2) is 28.3 Å². The van der Waals surface area contributed by atoms with Crippen LogP contribution in [0.3, 0.4) is 0 Å². The number of carbonyl (C=O) groups is 2. The van der Waals surface area contributed by atoms with E-state index in [9.17, 15) is 9.59 Å². The largest absolute Gasteiger partial charge is 0.424 e. The highest BCUT2D eigenvalue weighted by Crippen LogP contribution is 2.29. The van der Waals surface area contributed by atoms with Crippen LogP contribution >= 0.6 is 0 Å². The minimum atomic E-state index is -0.516. The summed E-state index contributed by atoms with van der Waals surface area (Å²) in [5.41, 5.74) is 4.01. The summed E-state index contributed by atoms with van der Waals surface area (Å²) in [4.78, 5) is 23.5. The number of carbonyl (C=O) groups excluding carboxylic acids is 2. The van der Waals surface area contributed by atoms with Gasteiger partial charge in [-0.2, -0.15) is 0 Å². The molecule has 0 aromatic heterocycles. The molecule has 0 amide bonds. The van der Waals surface area contributed by atoms with E-state index in [0.717, 1.165) is 42.2 Å². The van der Waals surface area contributed by atoms with Crippen molar-refractivity contribution in [3.63, 3.8) is 0 Å². The lowest BCUT2D eigenvalue weighted by atomic mass is 9.91. The zero-order valence-electron chi connectivity index (χ0n) is 12.2. The molecule has 1 heterocycles. The third kappa shape index (κ3) is 2.83. The van der Waals surface area contributed by atoms with Crippen LogP contribution in [0.1, 0.15) is 50.8 Å². The maximum atomic E-state index is 11.8. The van der Waals surface area contributed by atoms with Crippen molar-refractivity contribution in [1.29, 1.82) is 0 Å². The van der Waals surface area contributed by atoms with Crippen LogP contribution in [0, 0.1) is 13.8 Å². The minimum Gasteiger partial charge on any atom is -0.424 e. The van der Waals surface area contributed by atoms with E-state index in [0.29, 0.717) is 11.1 Å². The Hall–Kier alpha value is -1.46. The first-order valence-corrected chi connectivity index (χ1v) is 8.61. The van der Waals surface area contributed by atoms with Crippen LogP contribution in [0.25, 0.3) is 0 Å². The zero-order chi connectivity index (χ0) is 14.7. The highest BCUT2D eigenvalue weighted by molar-refractivity contribution is 6.27. The maximum Gasteiger partial charge on any atom is 0.347 e. The third-order valence-corrected chi connectivity index (χ3v) is 5.24. The number of aryl methyl sites for hydroxylation is 1. The number of esters is 2. The van der Waals surface area contributed by atoms with E-state index in [-0.39, 0.29) is 0 Å². The van der Waals surface area contributed by atoms with Gasteiger partial charge in [0, 0.05) is 6.61 Å². The van der Waals surface area contributed by atoms with E-state index in [1.165, 1.54) is 0 Å². The predicted molar refractivity (Wildman–Crippen MR) is 79.0 cm³/mol. The van der Waals surface area contributed by atoms with E-state index in [2.05, 4.69) is 0 Å². The Morgan fingerprint density at radius 1 is 1.25 bits per heavy atom. The summed E-state index contributed by atoms with van der Waals surface area (Å²) in [5.74, 6) is -1.01. The van der Waals surface area contributed by atoms with Gasteiger partial charge in [-0.15, -0.1) is 0 Å². The second-order valence-electron chi connectivity index (χ2n) is 5.05. The predicted octanol–water partition coefficient (Wildman–Crippen LogP) is 2.09. The van der Waals surface area contributed by atoms with E-state index < -0.39 is 21.7 Å². The molecule has 108 valence electrons. The zero-order valence-corrected chi connectivity index (χ0v) is 13.7. The molecule has 0 unspecified atom stereocenters. The van der Waals surface area contributed by atoms with Crippen molar-refractivity contribution in [2.24, 2.45) is 0 Å². The van der Waals surface area contributed by atoms with Gasteiger partial charge in [-0.25, -0.2) is 9.59 Å². The molecule has 0 radical (unpaired) electrons. The Balaban J connectivity index is 2.21. The summed E-state index contributed by atoms with van der Waals surface area (Å²) < 4.78 is 10.2. The molecule has 2 rings (SSSR count). The third-order valence-electron chi connectivity index (χ3n) is 3.76. The molecule has 1 aromatic rings. The molecule has 5 heteroatoms. The number of ether oxygens (including phenoxy) is 1. The summed E-state index contributed by atoms with van der Waals surface area (Å²) in [7, 11) is -0.446. The van der Waals surface area contributed by atoms with Gasteiger partial charge in [0.2, 0.25) is 0 Å². The molecule has 0 fully saturated rings. The van der Waals surface area contributed by atoms with Crippen LogP contribution in [0.4, 0.5) is 0 Å². The number of rotatable bonds is 6. The van der Waals surface area contributed by atoms with Crippen molar-refractivity contribution >= 4 is 21.7 Å². The molecule has 1 aliphatic rings. The highest BCUT2D eigenvalue weighted by Gasteiger charge is 2.33. The number of hydrogen-bond donors (Lipinski definition) is 0. The molecular weight excluding hydrogens is 272 g/mol. The van der Waals surface area contributed by atoms with Crippen molar-refractivity contribution < 1.29 is 18.8 Å². The van der Waals surface area contributed by atoms with Gasteiger partial charge >= 0.3 is 11.9 Å². The van der Waals surface area contributed by atoms with Gasteiger partial charge < -0.3 is 9.16 Å². The highest BCUT2D eigenvalue weighted by atomic mass is 28.2. The van der Waals surface area contributed by atoms with E-state index in [1.807, 2.05) is 20.8 Å². The standard InChI is InChI=1S/C15H20O4Si/c1-4-18-20-7-5-6-11-10(3)9(2)8-12-13(11)15(17)19-14(12)16/h8H,4-7,20H2,1-3H3. The van der Waals surface area contributed by atoms with Crippen LogP contribution in [0.15, 0.2) is 6.07 Å². The number of benzene rings is 1. The monoisotopic (exact) mass is 292 g/mol. The van der Waals surface area contributed by atoms with Crippen molar-refractivity contribution in [3.8, 4) is 0 Å². The molecule has 20 heavy (non-hydrogen) atoms. The fraction of sp³-hybridized carbons (Fsp3) is 0.467. The Morgan fingerprint density at radius 3 is 2.70 bits per heavy atom. The maximum absolute atomic E-state index is 11.8. The molecule has 4 nitrogen and oxygen atoms in total. The SMILES string of the molecule is CCO[SiH2]CCCc1c(C)c(C)cc2c1C(=O)OC2=O. The first kappa shape index (κ1) is 14.9. The van der Waals surface area contributed by atoms with Crippen molar-refractivity contribution in [2.45, 2.75) is 39.7 Å². The number of fused-ring (bicyclic) bond motifs is 1. The molecular formula is C15H20O4Si. The van der Waals surface area contributed by atoms with Crippen LogP contribution < -0.4 is 0 Å². The average Bonchev–Trinajstić information content (AvgIpc) is 2.68. The number of cyclic esters (lactones) is 2. The second kappa shape index (κ2) is 6.32. The molecule has 1 aliphatic heterocycles. The van der Waals surface area contributed by atoms with Crippen molar-refractivity contribution in [3.05, 3.63) is 33.9 Å². The van der Waals surface area contributed by atoms with Crippen LogP contribution in [0.5, 0.6) is 0 Å². The van der Waals surface area contributed by atoms with E-state index in [4.69, 9.17) is 9.16 Å². The van der Waals surface area contributed by atoms with Gasteiger partial charge in [0.1, 0.15) is 0 Å². The summed E-state index contributed by atoms with van der Waals surface area (Å²) in [5, 5.41) is 0. The Kier molecular flexibility index (Phi) is 4.72. The molecule has 0 saturated heterocycles. The van der Waals surface area contributed by atoms with Gasteiger partial charge in [-0.1, -0.05) is 0 Å². The lowest BCUT2D eigenvalue weighted by Gasteiger charge is -2.12. The molecule has 0 N–H and O–H groups in total. The fourth-order valence-electron chi connectivity index (χ4n) is 2.53. The smallest absolute Gasteiger partial charge is 0.347 e. The summed E-state index contributed by atoms with van der Waals surface area (Å²) in [6, 6.07) is 2.84. The molecule has 0 atom stereocenters. The average molecular weight is 292 g/mol. The number of hydrogen-bond acceptors (Lipinski definition) is 4. The second-order valence-corrected chi connectivity index (χ2v) is 6.57. The van der Waals surface area contributed by atoms with Gasteiger partial charge in [-0.05, 0) is 62.4 Å².